The van der Waals surface area contributed by atoms with Crippen molar-refractivity contribution in [2.24, 2.45) is 23.7 Å². The Morgan fingerprint density at radius 1 is 1.10 bits per heavy atom. The highest BCUT2D eigenvalue weighted by atomic mass is 16.5. The van der Waals surface area contributed by atoms with Gasteiger partial charge in [-0.3, -0.25) is 19.3 Å². The predicted molar refractivity (Wildman–Crippen MR) is 71.8 cm³/mol. The summed E-state index contributed by atoms with van der Waals surface area (Å²) in [6, 6.07) is 0. The Morgan fingerprint density at radius 3 is 2.24 bits per heavy atom. The number of hydrogen-bond donors (Lipinski definition) is 0. The number of allylic oxidation sites excluding steroid dienone is 2. The molecule has 2 aliphatic heterocycles. The Morgan fingerprint density at radius 2 is 1.67 bits per heavy atom. The Balaban J connectivity index is 1.48. The van der Waals surface area contributed by atoms with Crippen molar-refractivity contribution in [2.75, 3.05) is 32.8 Å². The quantitative estimate of drug-likeness (QED) is 0.515. The van der Waals surface area contributed by atoms with Gasteiger partial charge >= 0.3 is 0 Å². The van der Waals surface area contributed by atoms with Gasteiger partial charge in [-0.25, -0.2) is 0 Å². The summed E-state index contributed by atoms with van der Waals surface area (Å²) in [7, 11) is 0. The fourth-order valence-electron chi connectivity index (χ4n) is 4.17. The fourth-order valence-corrected chi connectivity index (χ4v) is 4.17. The first kappa shape index (κ1) is 13.0. The van der Waals surface area contributed by atoms with Crippen molar-refractivity contribution in [2.45, 2.75) is 6.42 Å². The number of morpholine rings is 1. The van der Waals surface area contributed by atoms with Crippen molar-refractivity contribution in [3.63, 3.8) is 0 Å². The number of fused-ring (bicyclic) bond motifs is 5. The number of imide groups is 1. The molecular formula is C15H18N2O4. The lowest BCUT2D eigenvalue weighted by Gasteiger charge is -2.28. The molecule has 0 unspecified atom stereocenters. The van der Waals surface area contributed by atoms with E-state index >= 15 is 0 Å². The van der Waals surface area contributed by atoms with Gasteiger partial charge in [0.1, 0.15) is 6.54 Å². The minimum Gasteiger partial charge on any atom is -0.378 e. The maximum atomic E-state index is 12.5. The molecule has 0 aromatic heterocycles. The van der Waals surface area contributed by atoms with E-state index in [0.29, 0.717) is 26.3 Å². The Kier molecular flexibility index (Phi) is 2.89. The van der Waals surface area contributed by atoms with Gasteiger partial charge in [0.25, 0.3) is 0 Å². The van der Waals surface area contributed by atoms with Crippen molar-refractivity contribution in [1.82, 2.24) is 9.80 Å². The third-order valence-corrected chi connectivity index (χ3v) is 5.22. The van der Waals surface area contributed by atoms with Gasteiger partial charge in [0.15, 0.2) is 0 Å². The molecule has 4 rings (SSSR count). The van der Waals surface area contributed by atoms with Crippen molar-refractivity contribution < 1.29 is 19.1 Å². The van der Waals surface area contributed by atoms with Crippen LogP contribution in [0, 0.1) is 23.7 Å². The molecule has 6 nitrogen and oxygen atoms in total. The lowest BCUT2D eigenvalue weighted by Crippen LogP contribution is -2.47. The van der Waals surface area contributed by atoms with Gasteiger partial charge in [-0.05, 0) is 18.3 Å². The van der Waals surface area contributed by atoms with E-state index in [1.165, 1.54) is 4.90 Å². The zero-order valence-corrected chi connectivity index (χ0v) is 11.7. The minimum absolute atomic E-state index is 0.107. The minimum atomic E-state index is -0.218. The number of carbonyl (C=O) groups excluding carboxylic acids is 3. The third kappa shape index (κ3) is 1.85. The molecular weight excluding hydrogens is 272 g/mol. The van der Waals surface area contributed by atoms with Gasteiger partial charge in [0.05, 0.1) is 25.0 Å². The Labute approximate surface area is 122 Å². The highest BCUT2D eigenvalue weighted by Gasteiger charge is 2.59. The van der Waals surface area contributed by atoms with Gasteiger partial charge in [-0.1, -0.05) is 12.2 Å². The Hall–Kier alpha value is -1.69. The van der Waals surface area contributed by atoms with E-state index in [4.69, 9.17) is 4.74 Å². The SMILES string of the molecule is O=C(CN1C(=O)[C@H]2[C@H](C1=O)[C@H]1C=C[C@H]2C1)N1CCOCC1. The summed E-state index contributed by atoms with van der Waals surface area (Å²) in [5.74, 6) is -0.498. The van der Waals surface area contributed by atoms with E-state index in [1.54, 1.807) is 4.90 Å². The third-order valence-electron chi connectivity index (χ3n) is 5.22. The second kappa shape index (κ2) is 4.66. The molecule has 2 bridgehead atoms. The molecule has 21 heavy (non-hydrogen) atoms. The van der Waals surface area contributed by atoms with Crippen LogP contribution < -0.4 is 0 Å². The number of ether oxygens (including phenoxy) is 1. The summed E-state index contributed by atoms with van der Waals surface area (Å²) < 4.78 is 5.21. The van der Waals surface area contributed by atoms with Crippen molar-refractivity contribution in [3.05, 3.63) is 12.2 Å². The van der Waals surface area contributed by atoms with Crippen LogP contribution in [0.25, 0.3) is 0 Å². The fraction of sp³-hybridized carbons (Fsp3) is 0.667. The van der Waals surface area contributed by atoms with E-state index in [0.717, 1.165) is 6.42 Å². The number of hydrogen-bond acceptors (Lipinski definition) is 4. The van der Waals surface area contributed by atoms with Gasteiger partial charge in [0, 0.05) is 13.1 Å². The maximum absolute atomic E-state index is 12.5. The molecule has 0 aromatic rings. The number of rotatable bonds is 2. The van der Waals surface area contributed by atoms with Crippen molar-refractivity contribution in [1.29, 1.82) is 0 Å². The second-order valence-electron chi connectivity index (χ2n) is 6.26. The van der Waals surface area contributed by atoms with Gasteiger partial charge in [-0.15, -0.1) is 0 Å². The largest absolute Gasteiger partial charge is 0.378 e. The molecule has 3 amide bonds. The molecule has 6 heteroatoms. The summed E-state index contributed by atoms with van der Waals surface area (Å²) in [4.78, 5) is 40.1. The maximum Gasteiger partial charge on any atom is 0.242 e. The number of nitrogens with zero attached hydrogens (tertiary/aromatic N) is 2. The Bertz CT molecular complexity index is 508. The number of carbonyl (C=O) groups is 3. The van der Waals surface area contributed by atoms with Crippen LogP contribution in [0.4, 0.5) is 0 Å². The lowest BCUT2D eigenvalue weighted by atomic mass is 9.85. The molecule has 4 aliphatic rings. The average molecular weight is 290 g/mol. The first-order valence-corrected chi connectivity index (χ1v) is 7.56. The molecule has 2 heterocycles. The topological polar surface area (TPSA) is 66.9 Å². The van der Waals surface area contributed by atoms with Crippen LogP contribution in [0.15, 0.2) is 12.2 Å². The van der Waals surface area contributed by atoms with Crippen LogP contribution in [0.5, 0.6) is 0 Å². The summed E-state index contributed by atoms with van der Waals surface area (Å²) in [6.45, 7) is 2.01. The van der Waals surface area contributed by atoms with E-state index in [1.807, 2.05) is 0 Å². The van der Waals surface area contributed by atoms with Crippen molar-refractivity contribution >= 4 is 17.7 Å². The van der Waals surface area contributed by atoms with E-state index in [2.05, 4.69) is 12.2 Å². The van der Waals surface area contributed by atoms with Gasteiger partial charge in [-0.2, -0.15) is 0 Å². The van der Waals surface area contributed by atoms with Crippen LogP contribution >= 0.6 is 0 Å². The smallest absolute Gasteiger partial charge is 0.242 e. The number of likely N-dealkylation sites (tertiary alicyclic amines) is 1. The zero-order valence-electron chi connectivity index (χ0n) is 11.7. The summed E-state index contributed by atoms with van der Waals surface area (Å²) in [6.07, 6.45) is 5.03. The molecule has 0 radical (unpaired) electrons. The lowest BCUT2D eigenvalue weighted by molar-refractivity contribution is -0.148. The summed E-state index contributed by atoms with van der Waals surface area (Å²) in [5.41, 5.74) is 0. The van der Waals surface area contributed by atoms with Crippen LogP contribution in [0.2, 0.25) is 0 Å². The molecule has 0 aromatic carbocycles. The first-order chi connectivity index (χ1) is 10.2. The molecule has 1 saturated carbocycles. The van der Waals surface area contributed by atoms with Crippen molar-refractivity contribution in [3.8, 4) is 0 Å². The average Bonchev–Trinajstić information content (AvgIpc) is 3.18. The van der Waals surface area contributed by atoms with Gasteiger partial charge in [0.2, 0.25) is 17.7 Å². The molecule has 0 N–H and O–H groups in total. The monoisotopic (exact) mass is 290 g/mol. The van der Waals surface area contributed by atoms with Gasteiger partial charge < -0.3 is 9.64 Å². The normalized spacial score (nSPS) is 37.5. The van der Waals surface area contributed by atoms with Crippen LogP contribution in [0.1, 0.15) is 6.42 Å². The van der Waals surface area contributed by atoms with Crippen LogP contribution in [0.3, 0.4) is 0 Å². The molecule has 4 atom stereocenters. The van der Waals surface area contributed by atoms with Crippen LogP contribution in [-0.2, 0) is 19.1 Å². The van der Waals surface area contributed by atoms with E-state index in [-0.39, 0.29) is 47.9 Å². The van der Waals surface area contributed by atoms with Crippen LogP contribution in [-0.4, -0.2) is 60.4 Å². The van der Waals surface area contributed by atoms with E-state index < -0.39 is 0 Å². The summed E-state index contributed by atoms with van der Waals surface area (Å²) in [5, 5.41) is 0. The molecule has 3 fully saturated rings. The van der Waals surface area contributed by atoms with E-state index in [9.17, 15) is 14.4 Å². The highest BCUT2D eigenvalue weighted by Crippen LogP contribution is 2.52. The molecule has 2 aliphatic carbocycles. The zero-order chi connectivity index (χ0) is 14.6. The molecule has 112 valence electrons. The molecule has 2 saturated heterocycles. The first-order valence-electron chi connectivity index (χ1n) is 7.56. The molecule has 0 spiro atoms. The second-order valence-corrected chi connectivity index (χ2v) is 6.26. The predicted octanol–water partition coefficient (Wildman–Crippen LogP) is -0.348. The summed E-state index contributed by atoms with van der Waals surface area (Å²) >= 11 is 0. The number of amides is 3. The standard InChI is InChI=1S/C15H18N2O4/c18-11(16-3-5-21-6-4-16)8-17-14(19)12-9-1-2-10(7-9)13(12)15(17)20/h1-2,9-10,12-13H,3-8H2/t9-,10-,12+,13+/m0/s1. The highest BCUT2D eigenvalue weighted by molar-refractivity contribution is 6.08.